The van der Waals surface area contributed by atoms with Crippen LogP contribution >= 0.6 is 0 Å². The van der Waals surface area contributed by atoms with Crippen LogP contribution in [0.4, 0.5) is 0 Å². The van der Waals surface area contributed by atoms with Crippen LogP contribution in [0, 0.1) is 5.21 Å². The fraction of sp³-hybridized carbons (Fsp3) is 1.00. The lowest BCUT2D eigenvalue weighted by molar-refractivity contribution is -0.913. The summed E-state index contributed by atoms with van der Waals surface area (Å²) in [4.78, 5) is 0. The van der Waals surface area contributed by atoms with E-state index < -0.39 is 0 Å². The van der Waals surface area contributed by atoms with E-state index in [2.05, 4.69) is 0 Å². The maximum atomic E-state index is 10.5. The lowest BCUT2D eigenvalue weighted by atomic mass is 10.0. The monoisotopic (exact) mass is 118 g/mol. The molecule has 0 bridgehead atoms. The third-order valence-corrected chi connectivity index (χ3v) is 1.55. The summed E-state index contributed by atoms with van der Waals surface area (Å²) in [5.74, 6) is 5.04. The zero-order valence-electron chi connectivity index (χ0n) is 5.69. The Hall–Kier alpha value is -0.120. The van der Waals surface area contributed by atoms with E-state index in [0.717, 1.165) is 6.42 Å². The number of nitrogens with one attached hydrogen (secondary N) is 1. The summed E-state index contributed by atoms with van der Waals surface area (Å²) in [7, 11) is 0. The van der Waals surface area contributed by atoms with E-state index in [9.17, 15) is 5.21 Å². The third kappa shape index (κ3) is 1.78. The molecule has 50 valence electrons. The van der Waals surface area contributed by atoms with Crippen molar-refractivity contribution in [2.24, 2.45) is 5.84 Å². The minimum absolute atomic E-state index is 0.222. The van der Waals surface area contributed by atoms with Crippen molar-refractivity contribution in [1.29, 1.82) is 0 Å². The van der Waals surface area contributed by atoms with Crippen molar-refractivity contribution in [3.63, 3.8) is 0 Å². The van der Waals surface area contributed by atoms with Gasteiger partial charge in [-0.15, -0.1) is 0 Å². The molecule has 0 radical (unpaired) electrons. The fourth-order valence-corrected chi connectivity index (χ4v) is 0.174. The van der Waals surface area contributed by atoms with Crippen LogP contribution in [0.25, 0.3) is 0 Å². The molecule has 0 aromatic carbocycles. The molecule has 0 heterocycles. The summed E-state index contributed by atoms with van der Waals surface area (Å²) in [5, 5.41) is 10.3. The molecule has 1 unspecified atom stereocenters. The highest BCUT2D eigenvalue weighted by molar-refractivity contribution is 4.60. The van der Waals surface area contributed by atoms with Gasteiger partial charge in [0.15, 0.2) is 0 Å². The van der Waals surface area contributed by atoms with Gasteiger partial charge >= 0.3 is 0 Å². The number of rotatable bonds is 2. The number of nitrogens with two attached hydrogens (primary N) is 1. The highest BCUT2D eigenvalue weighted by Gasteiger charge is 2.19. The van der Waals surface area contributed by atoms with Gasteiger partial charge in [0, 0.05) is 6.42 Å². The van der Waals surface area contributed by atoms with Crippen molar-refractivity contribution in [3.8, 4) is 0 Å². The minimum Gasteiger partial charge on any atom is -0.613 e. The van der Waals surface area contributed by atoms with Crippen LogP contribution in [0.1, 0.15) is 27.2 Å². The second-order valence-corrected chi connectivity index (χ2v) is 2.60. The van der Waals surface area contributed by atoms with Gasteiger partial charge in [-0.25, -0.2) is 0 Å². The van der Waals surface area contributed by atoms with Crippen molar-refractivity contribution in [3.05, 3.63) is 5.21 Å². The maximum Gasteiger partial charge on any atom is 0.109 e. The number of quaternary nitrogens is 1. The average molecular weight is 118 g/mol. The Labute approximate surface area is 50.0 Å². The lowest BCUT2D eigenvalue weighted by Gasteiger charge is -2.32. The summed E-state index contributed by atoms with van der Waals surface area (Å²) in [6, 6.07) is 0. The summed E-state index contributed by atoms with van der Waals surface area (Å²) in [6.45, 7) is 5.63. The highest BCUT2D eigenvalue weighted by Crippen LogP contribution is 1.98. The molecule has 0 saturated heterocycles. The molecule has 0 rings (SSSR count). The smallest absolute Gasteiger partial charge is 0.109 e. The van der Waals surface area contributed by atoms with Gasteiger partial charge in [0.1, 0.15) is 5.54 Å². The molecule has 0 saturated carbocycles. The molecule has 1 atom stereocenters. The molecule has 3 nitrogen and oxygen atoms in total. The molecule has 3 N–H and O–H groups in total. The normalized spacial score (nSPS) is 16.1. The van der Waals surface area contributed by atoms with Gasteiger partial charge in [0.05, 0.1) is 0 Å². The summed E-state index contributed by atoms with van der Waals surface area (Å²) >= 11 is 0. The first-order valence-electron chi connectivity index (χ1n) is 2.80. The van der Waals surface area contributed by atoms with E-state index in [1.165, 1.54) is 0 Å². The zero-order chi connectivity index (χ0) is 6.78. The van der Waals surface area contributed by atoms with Crippen LogP contribution in [0.15, 0.2) is 0 Å². The van der Waals surface area contributed by atoms with Gasteiger partial charge in [-0.05, 0) is 13.8 Å². The number of hydrogen-bond donors (Lipinski definition) is 2. The van der Waals surface area contributed by atoms with E-state index >= 15 is 0 Å². The van der Waals surface area contributed by atoms with E-state index in [0.29, 0.717) is 0 Å². The van der Waals surface area contributed by atoms with Crippen LogP contribution in [0.3, 0.4) is 0 Å². The van der Waals surface area contributed by atoms with Crippen molar-refractivity contribution >= 4 is 0 Å². The first-order chi connectivity index (χ1) is 3.50. The molecule has 0 aromatic rings. The number of hydrogen-bond acceptors (Lipinski definition) is 2. The summed E-state index contributed by atoms with van der Waals surface area (Å²) in [6.07, 6.45) is 0.808. The Balaban J connectivity index is 3.71. The second kappa shape index (κ2) is 2.44. The molecular formula is C5H14N2O. The molecule has 0 fully saturated rings. The summed E-state index contributed by atoms with van der Waals surface area (Å²) < 4.78 is 0. The van der Waals surface area contributed by atoms with Gasteiger partial charge in [-0.3, -0.25) is 5.17 Å². The predicted octanol–water partition coefficient (Wildman–Crippen LogP) is -0.569. The Kier molecular flexibility index (Phi) is 2.40. The molecule has 0 aromatic heterocycles. The Morgan fingerprint density at radius 1 is 1.62 bits per heavy atom. The largest absolute Gasteiger partial charge is 0.613 e. The first kappa shape index (κ1) is 7.88. The quantitative estimate of drug-likeness (QED) is 0.377. The Morgan fingerprint density at radius 2 is 2.00 bits per heavy atom. The van der Waals surface area contributed by atoms with E-state index in [1.807, 2.05) is 20.8 Å². The molecule has 0 aliphatic rings. The SMILES string of the molecule is CCC(C)(C)[NH+](N)[O-]. The average Bonchev–Trinajstić information content (AvgIpc) is 1.67. The Morgan fingerprint density at radius 3 is 2.00 bits per heavy atom. The van der Waals surface area contributed by atoms with E-state index in [1.54, 1.807) is 0 Å². The van der Waals surface area contributed by atoms with Gasteiger partial charge in [-0.1, -0.05) is 6.92 Å². The Bertz CT molecular complexity index is 70.8. The van der Waals surface area contributed by atoms with Crippen molar-refractivity contribution in [2.45, 2.75) is 32.7 Å². The molecule has 3 heteroatoms. The van der Waals surface area contributed by atoms with Gasteiger partial charge in [-0.2, -0.15) is 5.84 Å². The number of hydroxylamine groups is 1. The topological polar surface area (TPSA) is 53.5 Å². The van der Waals surface area contributed by atoms with Gasteiger partial charge in [0.2, 0.25) is 0 Å². The fourth-order valence-electron chi connectivity index (χ4n) is 0.174. The first-order valence-corrected chi connectivity index (χ1v) is 2.80. The van der Waals surface area contributed by atoms with Crippen LogP contribution in [0.5, 0.6) is 0 Å². The highest BCUT2D eigenvalue weighted by atomic mass is 16.5. The van der Waals surface area contributed by atoms with Crippen molar-refractivity contribution in [1.82, 2.24) is 0 Å². The molecule has 0 aliphatic heterocycles. The molecular weight excluding hydrogens is 104 g/mol. The second-order valence-electron chi connectivity index (χ2n) is 2.60. The maximum absolute atomic E-state index is 10.5. The minimum atomic E-state index is -0.319. The van der Waals surface area contributed by atoms with E-state index in [-0.39, 0.29) is 10.7 Å². The molecule has 8 heavy (non-hydrogen) atoms. The predicted molar refractivity (Wildman–Crippen MR) is 32.9 cm³/mol. The molecule has 0 aliphatic carbocycles. The van der Waals surface area contributed by atoms with Crippen LogP contribution in [-0.2, 0) is 0 Å². The van der Waals surface area contributed by atoms with Crippen molar-refractivity contribution < 1.29 is 5.17 Å². The lowest BCUT2D eigenvalue weighted by Crippen LogP contribution is -3.20. The summed E-state index contributed by atoms with van der Waals surface area (Å²) in [5.41, 5.74) is -0.319. The van der Waals surface area contributed by atoms with Gasteiger partial charge in [0.25, 0.3) is 0 Å². The van der Waals surface area contributed by atoms with Crippen LogP contribution < -0.4 is 11.0 Å². The van der Waals surface area contributed by atoms with E-state index in [4.69, 9.17) is 5.84 Å². The van der Waals surface area contributed by atoms with Crippen molar-refractivity contribution in [2.75, 3.05) is 0 Å². The van der Waals surface area contributed by atoms with Gasteiger partial charge < -0.3 is 5.21 Å². The zero-order valence-corrected chi connectivity index (χ0v) is 5.69. The van der Waals surface area contributed by atoms with Crippen LogP contribution in [-0.4, -0.2) is 5.54 Å². The third-order valence-electron chi connectivity index (χ3n) is 1.55. The van der Waals surface area contributed by atoms with Crippen LogP contribution in [0.2, 0.25) is 0 Å². The standard InChI is InChI=1S/C5H14N2O/c1-4-5(2,3)7(6)8/h7H,4,6H2,1-3H3. The molecule has 0 spiro atoms. The molecule has 0 amide bonds.